The van der Waals surface area contributed by atoms with Gasteiger partial charge in [0.05, 0.1) is 7.11 Å². The van der Waals surface area contributed by atoms with Crippen molar-refractivity contribution in [3.8, 4) is 5.75 Å². The third-order valence-corrected chi connectivity index (χ3v) is 4.06. The Morgan fingerprint density at radius 2 is 2.10 bits per heavy atom. The number of nitrogens with one attached hydrogen (secondary N) is 1. The van der Waals surface area contributed by atoms with Gasteiger partial charge in [-0.2, -0.15) is 0 Å². The normalized spacial score (nSPS) is 10.2. The molecule has 21 heavy (non-hydrogen) atoms. The zero-order valence-electron chi connectivity index (χ0n) is 12.2. The van der Waals surface area contributed by atoms with E-state index in [1.807, 2.05) is 24.3 Å². The summed E-state index contributed by atoms with van der Waals surface area (Å²) in [7, 11) is 5.11. The van der Waals surface area contributed by atoms with Gasteiger partial charge in [0, 0.05) is 20.6 Å². The predicted octanol–water partition coefficient (Wildman–Crippen LogP) is 2.05. The molecule has 0 saturated heterocycles. The second-order valence-corrected chi connectivity index (χ2v) is 5.49. The summed E-state index contributed by atoms with van der Waals surface area (Å²) in [5.41, 5.74) is 6.80. The third kappa shape index (κ3) is 3.43. The van der Waals surface area contributed by atoms with Gasteiger partial charge < -0.3 is 20.7 Å². The number of carbonyl (C=O) groups excluding carboxylic acids is 1. The van der Waals surface area contributed by atoms with E-state index in [1.54, 1.807) is 26.1 Å². The molecule has 1 amide bonds. The lowest BCUT2D eigenvalue weighted by Crippen LogP contribution is -2.26. The van der Waals surface area contributed by atoms with Gasteiger partial charge >= 0.3 is 0 Å². The Morgan fingerprint density at radius 3 is 2.62 bits per heavy atom. The van der Waals surface area contributed by atoms with Gasteiger partial charge in [-0.1, -0.05) is 23.5 Å². The van der Waals surface area contributed by atoms with Crippen LogP contribution in [-0.2, 0) is 6.54 Å². The second-order valence-electron chi connectivity index (χ2n) is 4.49. The lowest BCUT2D eigenvalue weighted by Gasteiger charge is -2.16. The molecular formula is C14H18N4O2S. The Morgan fingerprint density at radius 1 is 1.43 bits per heavy atom. The number of ether oxygens (including phenoxy) is 1. The van der Waals surface area contributed by atoms with E-state index in [1.165, 1.54) is 11.3 Å². The van der Waals surface area contributed by atoms with Crippen molar-refractivity contribution >= 4 is 28.2 Å². The second kappa shape index (κ2) is 6.45. The SMILES string of the molecule is CNc1nc(N)c(C(=O)N(C)Cc2ccc(OC)cc2)s1. The zero-order chi connectivity index (χ0) is 15.4. The van der Waals surface area contributed by atoms with Crippen molar-refractivity contribution in [2.24, 2.45) is 0 Å². The minimum atomic E-state index is -0.137. The van der Waals surface area contributed by atoms with E-state index in [-0.39, 0.29) is 11.7 Å². The highest BCUT2D eigenvalue weighted by atomic mass is 32.1. The average molecular weight is 306 g/mol. The standard InChI is InChI=1S/C14H18N4O2S/c1-16-14-17-12(15)11(21-14)13(19)18(2)8-9-4-6-10(20-3)7-5-9/h4-7H,8,15H2,1-3H3,(H,16,17). The van der Waals surface area contributed by atoms with Crippen molar-refractivity contribution in [3.05, 3.63) is 34.7 Å². The summed E-state index contributed by atoms with van der Waals surface area (Å²) in [6, 6.07) is 7.59. The first-order chi connectivity index (χ1) is 10.0. The quantitative estimate of drug-likeness (QED) is 0.883. The van der Waals surface area contributed by atoms with Crippen LogP contribution >= 0.6 is 11.3 Å². The van der Waals surface area contributed by atoms with E-state index in [4.69, 9.17) is 10.5 Å². The molecule has 0 aliphatic rings. The number of anilines is 2. The van der Waals surface area contributed by atoms with Crippen molar-refractivity contribution < 1.29 is 9.53 Å². The van der Waals surface area contributed by atoms with Gasteiger partial charge in [-0.25, -0.2) is 4.98 Å². The fraction of sp³-hybridized carbons (Fsp3) is 0.286. The van der Waals surface area contributed by atoms with E-state index in [0.29, 0.717) is 16.6 Å². The molecule has 0 fully saturated rings. The maximum Gasteiger partial charge on any atom is 0.267 e. The smallest absolute Gasteiger partial charge is 0.267 e. The number of carbonyl (C=O) groups is 1. The fourth-order valence-electron chi connectivity index (χ4n) is 1.84. The van der Waals surface area contributed by atoms with Crippen LogP contribution in [0.2, 0.25) is 0 Å². The lowest BCUT2D eigenvalue weighted by molar-refractivity contribution is 0.0790. The highest BCUT2D eigenvalue weighted by molar-refractivity contribution is 7.18. The summed E-state index contributed by atoms with van der Waals surface area (Å²) in [4.78, 5) is 18.5. The van der Waals surface area contributed by atoms with E-state index in [9.17, 15) is 4.79 Å². The molecule has 7 heteroatoms. The highest BCUT2D eigenvalue weighted by Crippen LogP contribution is 2.26. The number of rotatable bonds is 5. The van der Waals surface area contributed by atoms with Crippen molar-refractivity contribution in [3.63, 3.8) is 0 Å². The number of hydrogen-bond donors (Lipinski definition) is 2. The van der Waals surface area contributed by atoms with Gasteiger partial charge in [0.25, 0.3) is 5.91 Å². The monoisotopic (exact) mass is 306 g/mol. The van der Waals surface area contributed by atoms with Gasteiger partial charge in [0.15, 0.2) is 5.13 Å². The van der Waals surface area contributed by atoms with Crippen molar-refractivity contribution in [2.45, 2.75) is 6.54 Å². The van der Waals surface area contributed by atoms with Gasteiger partial charge in [-0.05, 0) is 17.7 Å². The summed E-state index contributed by atoms with van der Waals surface area (Å²) < 4.78 is 5.11. The van der Waals surface area contributed by atoms with E-state index in [0.717, 1.165) is 11.3 Å². The maximum absolute atomic E-state index is 12.4. The maximum atomic E-state index is 12.4. The number of nitrogens with two attached hydrogens (primary N) is 1. The molecule has 3 N–H and O–H groups in total. The molecule has 2 aromatic rings. The number of aromatic nitrogens is 1. The van der Waals surface area contributed by atoms with Crippen molar-refractivity contribution in [2.75, 3.05) is 32.3 Å². The van der Waals surface area contributed by atoms with Crippen LogP contribution in [0, 0.1) is 0 Å². The number of nitrogens with zero attached hydrogens (tertiary/aromatic N) is 2. The molecule has 0 unspecified atom stereocenters. The van der Waals surface area contributed by atoms with Crippen LogP contribution in [0.5, 0.6) is 5.75 Å². The number of nitrogen functional groups attached to an aromatic ring is 1. The van der Waals surface area contributed by atoms with E-state index < -0.39 is 0 Å². The van der Waals surface area contributed by atoms with E-state index in [2.05, 4.69) is 10.3 Å². The Kier molecular flexibility index (Phi) is 4.64. The molecule has 6 nitrogen and oxygen atoms in total. The highest BCUT2D eigenvalue weighted by Gasteiger charge is 2.19. The van der Waals surface area contributed by atoms with Crippen LogP contribution < -0.4 is 15.8 Å². The Hall–Kier alpha value is -2.28. The third-order valence-electron chi connectivity index (χ3n) is 2.99. The molecule has 0 atom stereocenters. The first-order valence-electron chi connectivity index (χ1n) is 6.37. The summed E-state index contributed by atoms with van der Waals surface area (Å²) in [6.07, 6.45) is 0. The summed E-state index contributed by atoms with van der Waals surface area (Å²) in [5.74, 6) is 0.913. The zero-order valence-corrected chi connectivity index (χ0v) is 13.0. The van der Waals surface area contributed by atoms with Crippen LogP contribution in [0.3, 0.4) is 0 Å². The molecule has 0 spiro atoms. The molecule has 0 saturated carbocycles. The van der Waals surface area contributed by atoms with Crippen molar-refractivity contribution in [1.82, 2.24) is 9.88 Å². The Labute approximate surface area is 127 Å². The van der Waals surface area contributed by atoms with Gasteiger partial charge in [0.1, 0.15) is 16.4 Å². The number of benzene rings is 1. The molecular weight excluding hydrogens is 288 g/mol. The van der Waals surface area contributed by atoms with Crippen LogP contribution in [0.1, 0.15) is 15.2 Å². The van der Waals surface area contributed by atoms with Crippen LogP contribution in [0.4, 0.5) is 10.9 Å². The van der Waals surface area contributed by atoms with Crippen LogP contribution in [0.15, 0.2) is 24.3 Å². The van der Waals surface area contributed by atoms with Crippen LogP contribution in [-0.4, -0.2) is 37.0 Å². The molecule has 1 aromatic carbocycles. The number of amides is 1. The minimum absolute atomic E-state index is 0.137. The molecule has 112 valence electrons. The lowest BCUT2D eigenvalue weighted by atomic mass is 10.2. The van der Waals surface area contributed by atoms with Gasteiger partial charge in [-0.3, -0.25) is 4.79 Å². The average Bonchev–Trinajstić information content (AvgIpc) is 2.88. The molecule has 0 bridgehead atoms. The Balaban J connectivity index is 2.09. The van der Waals surface area contributed by atoms with E-state index >= 15 is 0 Å². The van der Waals surface area contributed by atoms with Gasteiger partial charge in [-0.15, -0.1) is 0 Å². The fourth-order valence-corrected chi connectivity index (χ4v) is 2.67. The van der Waals surface area contributed by atoms with Crippen LogP contribution in [0.25, 0.3) is 0 Å². The predicted molar refractivity (Wildman–Crippen MR) is 84.9 cm³/mol. The topological polar surface area (TPSA) is 80.5 Å². The first kappa shape index (κ1) is 15.1. The number of hydrogen-bond acceptors (Lipinski definition) is 6. The molecule has 0 aliphatic heterocycles. The molecule has 2 rings (SSSR count). The number of thiazole rings is 1. The molecule has 1 heterocycles. The summed E-state index contributed by atoms with van der Waals surface area (Å²) in [5, 5.41) is 3.52. The first-order valence-corrected chi connectivity index (χ1v) is 7.19. The largest absolute Gasteiger partial charge is 0.497 e. The number of methoxy groups -OCH3 is 1. The Bertz CT molecular complexity index is 624. The molecule has 0 aliphatic carbocycles. The molecule has 0 radical (unpaired) electrons. The minimum Gasteiger partial charge on any atom is -0.497 e. The van der Waals surface area contributed by atoms with Gasteiger partial charge in [0.2, 0.25) is 0 Å². The molecule has 1 aromatic heterocycles. The van der Waals surface area contributed by atoms with Crippen molar-refractivity contribution in [1.29, 1.82) is 0 Å². The summed E-state index contributed by atoms with van der Waals surface area (Å²) in [6.45, 7) is 0.495. The summed E-state index contributed by atoms with van der Waals surface area (Å²) >= 11 is 1.25.